The molecule has 2 aromatic carbocycles. The number of urea groups is 1. The predicted octanol–water partition coefficient (Wildman–Crippen LogP) is 3.68. The Morgan fingerprint density at radius 2 is 1.97 bits per heavy atom. The minimum atomic E-state index is -0.160. The number of benzene rings is 2. The van der Waals surface area contributed by atoms with Gasteiger partial charge in [0, 0.05) is 44.9 Å². The van der Waals surface area contributed by atoms with Crippen LogP contribution in [0.2, 0.25) is 5.02 Å². The van der Waals surface area contributed by atoms with Crippen LogP contribution in [-0.2, 0) is 14.3 Å². The summed E-state index contributed by atoms with van der Waals surface area (Å²) in [7, 11) is 3.16. The maximum absolute atomic E-state index is 12.2. The van der Waals surface area contributed by atoms with E-state index in [0.717, 1.165) is 16.8 Å². The molecule has 1 fully saturated rings. The van der Waals surface area contributed by atoms with E-state index < -0.39 is 0 Å². The predicted molar refractivity (Wildman–Crippen MR) is 132 cm³/mol. The molecule has 1 saturated heterocycles. The number of halogens is 1. The molecule has 0 saturated carbocycles. The third-order valence-corrected chi connectivity index (χ3v) is 5.56. The fraction of sp³-hybridized carbons (Fsp3) is 0.375. The summed E-state index contributed by atoms with van der Waals surface area (Å²) in [5, 5.41) is 5.78. The van der Waals surface area contributed by atoms with Crippen LogP contribution in [0.5, 0.6) is 0 Å². The van der Waals surface area contributed by atoms with Gasteiger partial charge in [-0.3, -0.25) is 14.5 Å². The Balaban J connectivity index is 0.00000187. The Hall–Kier alpha value is -3.10. The first kappa shape index (κ1) is 26.2. The lowest BCUT2D eigenvalue weighted by Crippen LogP contribution is -2.36. The lowest BCUT2D eigenvalue weighted by atomic mass is 10.0. The van der Waals surface area contributed by atoms with Crippen molar-refractivity contribution >= 4 is 41.3 Å². The molecule has 9 heteroatoms. The van der Waals surface area contributed by atoms with Crippen molar-refractivity contribution in [2.75, 3.05) is 43.7 Å². The molecule has 0 aromatic heterocycles. The van der Waals surface area contributed by atoms with E-state index in [0.29, 0.717) is 30.3 Å². The van der Waals surface area contributed by atoms with Gasteiger partial charge in [0.05, 0.1) is 23.4 Å². The standard InChI is InChI=1S/C22H25ClN4O4.C2H6/c1-24-20(29)10-11-26(14-28)19-5-3-4-18(21(19)23)15-6-8-16(9-7-15)27-17(13-31-2)12-25-22(27)30;1-2/h3-9,14,17H,10-13H2,1-2H3,(H,24,29)(H,25,30);1-2H3. The first-order chi connectivity index (χ1) is 16.0. The Bertz CT molecular complexity index is 952. The number of rotatable bonds is 9. The molecule has 2 N–H and O–H groups in total. The third-order valence-electron chi connectivity index (χ3n) is 5.16. The van der Waals surface area contributed by atoms with Gasteiger partial charge in [0.25, 0.3) is 0 Å². The number of anilines is 2. The van der Waals surface area contributed by atoms with Crippen molar-refractivity contribution < 1.29 is 19.1 Å². The number of nitrogens with one attached hydrogen (secondary N) is 2. The summed E-state index contributed by atoms with van der Waals surface area (Å²) in [4.78, 5) is 38.5. The van der Waals surface area contributed by atoms with Crippen LogP contribution in [0.25, 0.3) is 11.1 Å². The van der Waals surface area contributed by atoms with E-state index in [2.05, 4.69) is 10.6 Å². The lowest BCUT2D eigenvalue weighted by molar-refractivity contribution is -0.120. The monoisotopic (exact) mass is 474 g/mol. The average molecular weight is 475 g/mol. The average Bonchev–Trinajstić information content (AvgIpc) is 3.21. The van der Waals surface area contributed by atoms with E-state index in [-0.39, 0.29) is 30.9 Å². The molecule has 0 aliphatic carbocycles. The molecule has 178 valence electrons. The number of nitrogens with zero attached hydrogens (tertiary/aromatic N) is 2. The maximum Gasteiger partial charge on any atom is 0.322 e. The van der Waals surface area contributed by atoms with Gasteiger partial charge in [-0.2, -0.15) is 0 Å². The van der Waals surface area contributed by atoms with Gasteiger partial charge < -0.3 is 20.3 Å². The fourth-order valence-electron chi connectivity index (χ4n) is 3.54. The van der Waals surface area contributed by atoms with E-state index in [1.807, 2.05) is 50.2 Å². The molecule has 0 bridgehead atoms. The zero-order valence-corrected chi connectivity index (χ0v) is 20.2. The topological polar surface area (TPSA) is 91.0 Å². The van der Waals surface area contributed by atoms with E-state index in [4.69, 9.17) is 16.3 Å². The Morgan fingerprint density at radius 3 is 2.58 bits per heavy atom. The largest absolute Gasteiger partial charge is 0.382 e. The van der Waals surface area contributed by atoms with Crippen molar-refractivity contribution in [2.45, 2.75) is 26.3 Å². The fourth-order valence-corrected chi connectivity index (χ4v) is 3.89. The Labute approximate surface area is 199 Å². The van der Waals surface area contributed by atoms with Crippen LogP contribution in [-0.4, -0.2) is 58.2 Å². The summed E-state index contributed by atoms with van der Waals surface area (Å²) in [6.45, 7) is 5.18. The molecule has 3 rings (SSSR count). The number of carbonyl (C=O) groups is 3. The van der Waals surface area contributed by atoms with Crippen LogP contribution in [0.1, 0.15) is 20.3 Å². The second-order valence-corrected chi connectivity index (χ2v) is 7.45. The molecule has 1 aliphatic heterocycles. The SMILES string of the molecule is CC.CNC(=O)CCN(C=O)c1cccc(-c2ccc(N3C(=O)NCC3COC)cc2)c1Cl. The van der Waals surface area contributed by atoms with Gasteiger partial charge in [-0.15, -0.1) is 0 Å². The molecule has 2 aromatic rings. The van der Waals surface area contributed by atoms with Gasteiger partial charge >= 0.3 is 6.03 Å². The van der Waals surface area contributed by atoms with Gasteiger partial charge in [-0.05, 0) is 23.8 Å². The molecule has 33 heavy (non-hydrogen) atoms. The van der Waals surface area contributed by atoms with E-state index in [1.165, 1.54) is 4.90 Å². The number of amides is 4. The first-order valence-electron chi connectivity index (χ1n) is 10.9. The summed E-state index contributed by atoms with van der Waals surface area (Å²) < 4.78 is 5.21. The molecule has 1 unspecified atom stereocenters. The maximum atomic E-state index is 12.2. The van der Waals surface area contributed by atoms with Gasteiger partial charge in [-0.1, -0.05) is 49.7 Å². The molecule has 1 atom stereocenters. The molecule has 4 amide bonds. The molecule has 1 aliphatic rings. The van der Waals surface area contributed by atoms with Gasteiger partial charge in [0.1, 0.15) is 0 Å². The quantitative estimate of drug-likeness (QED) is 0.542. The lowest BCUT2D eigenvalue weighted by Gasteiger charge is -2.23. The van der Waals surface area contributed by atoms with Crippen molar-refractivity contribution in [2.24, 2.45) is 0 Å². The van der Waals surface area contributed by atoms with Crippen molar-refractivity contribution in [1.82, 2.24) is 10.6 Å². The molecule has 8 nitrogen and oxygen atoms in total. The van der Waals surface area contributed by atoms with Gasteiger partial charge in [0.2, 0.25) is 12.3 Å². The smallest absolute Gasteiger partial charge is 0.322 e. The molecule has 1 heterocycles. The molecular formula is C24H31ClN4O4. The van der Waals surface area contributed by atoms with Gasteiger partial charge in [-0.25, -0.2) is 4.79 Å². The van der Waals surface area contributed by atoms with Crippen LogP contribution in [0.3, 0.4) is 0 Å². The number of methoxy groups -OCH3 is 1. The molecule has 0 spiro atoms. The van der Waals surface area contributed by atoms with Crippen molar-refractivity contribution in [3.63, 3.8) is 0 Å². The summed E-state index contributed by atoms with van der Waals surface area (Å²) in [6.07, 6.45) is 0.837. The van der Waals surface area contributed by atoms with Crippen LogP contribution in [0.15, 0.2) is 42.5 Å². The highest BCUT2D eigenvalue weighted by atomic mass is 35.5. The Morgan fingerprint density at radius 1 is 1.27 bits per heavy atom. The second-order valence-electron chi connectivity index (χ2n) is 7.07. The summed E-state index contributed by atoms with van der Waals surface area (Å²) in [6, 6.07) is 12.6. The highest BCUT2D eigenvalue weighted by Gasteiger charge is 2.31. The first-order valence-corrected chi connectivity index (χ1v) is 11.3. The van der Waals surface area contributed by atoms with E-state index in [9.17, 15) is 14.4 Å². The van der Waals surface area contributed by atoms with E-state index >= 15 is 0 Å². The third kappa shape index (κ3) is 6.24. The number of ether oxygens (including phenoxy) is 1. The van der Waals surface area contributed by atoms with Crippen LogP contribution in [0.4, 0.5) is 16.2 Å². The number of carbonyl (C=O) groups excluding carboxylic acids is 3. The van der Waals surface area contributed by atoms with Crippen LogP contribution in [0, 0.1) is 0 Å². The number of hydrogen-bond acceptors (Lipinski definition) is 4. The van der Waals surface area contributed by atoms with Crippen molar-refractivity contribution in [3.05, 3.63) is 47.5 Å². The van der Waals surface area contributed by atoms with Crippen molar-refractivity contribution in [1.29, 1.82) is 0 Å². The summed E-state index contributed by atoms with van der Waals surface area (Å²) >= 11 is 6.63. The zero-order valence-electron chi connectivity index (χ0n) is 19.4. The second kappa shape index (κ2) is 12.8. The normalized spacial score (nSPS) is 14.8. The minimum Gasteiger partial charge on any atom is -0.382 e. The molecule has 0 radical (unpaired) electrons. The van der Waals surface area contributed by atoms with Gasteiger partial charge in [0.15, 0.2) is 0 Å². The molecular weight excluding hydrogens is 444 g/mol. The Kier molecular flexibility index (Phi) is 10.2. The van der Waals surface area contributed by atoms with Crippen LogP contribution >= 0.6 is 11.6 Å². The zero-order chi connectivity index (χ0) is 24.4. The summed E-state index contributed by atoms with van der Waals surface area (Å²) in [5.41, 5.74) is 2.88. The number of hydrogen-bond donors (Lipinski definition) is 2. The van der Waals surface area contributed by atoms with E-state index in [1.54, 1.807) is 25.1 Å². The van der Waals surface area contributed by atoms with Crippen molar-refractivity contribution in [3.8, 4) is 11.1 Å². The highest BCUT2D eigenvalue weighted by molar-refractivity contribution is 6.36. The minimum absolute atomic E-state index is 0.0725. The summed E-state index contributed by atoms with van der Waals surface area (Å²) in [5.74, 6) is -0.160. The van der Waals surface area contributed by atoms with Crippen LogP contribution < -0.4 is 20.4 Å². The highest BCUT2D eigenvalue weighted by Crippen LogP contribution is 2.36.